The van der Waals surface area contributed by atoms with Gasteiger partial charge in [0.25, 0.3) is 0 Å². The van der Waals surface area contributed by atoms with E-state index in [1.54, 1.807) is 0 Å². The fraction of sp³-hybridized carbons (Fsp3) is 0.364. The zero-order chi connectivity index (χ0) is 13.8. The quantitative estimate of drug-likeness (QED) is 0.880. The minimum Gasteiger partial charge on any atom is -0.491 e. The number of nitrogens with two attached hydrogens (primary N) is 1. The van der Waals surface area contributed by atoms with Crippen LogP contribution in [0, 0.1) is 0 Å². The molecule has 0 saturated carbocycles. The zero-order valence-electron chi connectivity index (χ0n) is 9.53. The highest BCUT2D eigenvalue weighted by Gasteiger charge is 2.40. The van der Waals surface area contributed by atoms with Crippen molar-refractivity contribution in [2.75, 3.05) is 13.7 Å². The molecule has 0 heterocycles. The van der Waals surface area contributed by atoms with Crippen molar-refractivity contribution < 1.29 is 27.4 Å². The number of alkyl halides is 3. The Kier molecular flexibility index (Phi) is 4.55. The second kappa shape index (κ2) is 5.72. The molecular formula is C11H12F3NO3. The van der Waals surface area contributed by atoms with Crippen LogP contribution in [0.2, 0.25) is 0 Å². The molecule has 0 aromatic heterocycles. The first-order valence-corrected chi connectivity index (χ1v) is 4.96. The average molecular weight is 263 g/mol. The first kappa shape index (κ1) is 14.3. The summed E-state index contributed by atoms with van der Waals surface area (Å²) in [5, 5.41) is 0. The molecule has 100 valence electrons. The second-order valence-corrected chi connectivity index (χ2v) is 3.47. The fourth-order valence-corrected chi connectivity index (χ4v) is 1.18. The van der Waals surface area contributed by atoms with Gasteiger partial charge in [-0.2, -0.15) is 13.2 Å². The number of carbonyl (C=O) groups is 1. The van der Waals surface area contributed by atoms with Gasteiger partial charge in [-0.05, 0) is 24.3 Å². The number of amides is 1. The molecule has 1 aromatic carbocycles. The van der Waals surface area contributed by atoms with Crippen molar-refractivity contribution in [3.8, 4) is 5.75 Å². The van der Waals surface area contributed by atoms with Crippen molar-refractivity contribution in [2.45, 2.75) is 12.3 Å². The van der Waals surface area contributed by atoms with Gasteiger partial charge < -0.3 is 15.2 Å². The van der Waals surface area contributed by atoms with E-state index in [1.165, 1.54) is 24.3 Å². The van der Waals surface area contributed by atoms with Crippen molar-refractivity contribution in [1.82, 2.24) is 0 Å². The fourth-order valence-electron chi connectivity index (χ4n) is 1.18. The van der Waals surface area contributed by atoms with Gasteiger partial charge in [0.15, 0.2) is 6.10 Å². The van der Waals surface area contributed by atoms with Gasteiger partial charge in [-0.25, -0.2) is 0 Å². The summed E-state index contributed by atoms with van der Waals surface area (Å²) >= 11 is 0. The van der Waals surface area contributed by atoms with Crippen LogP contribution in [-0.2, 0) is 4.74 Å². The maximum absolute atomic E-state index is 12.3. The normalized spacial score (nSPS) is 13.1. The van der Waals surface area contributed by atoms with Crippen molar-refractivity contribution in [2.24, 2.45) is 5.73 Å². The largest absolute Gasteiger partial charge is 0.491 e. The lowest BCUT2D eigenvalue weighted by molar-refractivity contribution is -0.219. The number of primary amides is 1. The van der Waals surface area contributed by atoms with E-state index in [1.807, 2.05) is 0 Å². The second-order valence-electron chi connectivity index (χ2n) is 3.47. The highest BCUT2D eigenvalue weighted by atomic mass is 19.4. The molecule has 0 spiro atoms. The molecule has 1 amide bonds. The molecule has 0 fully saturated rings. The van der Waals surface area contributed by atoms with Crippen molar-refractivity contribution in [1.29, 1.82) is 0 Å². The molecule has 0 aliphatic carbocycles. The molecule has 0 aliphatic rings. The van der Waals surface area contributed by atoms with Crippen LogP contribution < -0.4 is 10.5 Å². The Morgan fingerprint density at radius 3 is 2.28 bits per heavy atom. The maximum Gasteiger partial charge on any atom is 0.417 e. The monoisotopic (exact) mass is 263 g/mol. The lowest BCUT2D eigenvalue weighted by Gasteiger charge is -2.19. The van der Waals surface area contributed by atoms with E-state index in [0.29, 0.717) is 0 Å². The highest BCUT2D eigenvalue weighted by Crippen LogP contribution is 2.23. The van der Waals surface area contributed by atoms with Crippen LogP contribution in [0.1, 0.15) is 10.4 Å². The Labute approximate surface area is 101 Å². The molecular weight excluding hydrogens is 251 g/mol. The third-order valence-electron chi connectivity index (χ3n) is 2.19. The summed E-state index contributed by atoms with van der Waals surface area (Å²) in [6, 6.07) is 5.46. The van der Waals surface area contributed by atoms with E-state index in [0.717, 1.165) is 7.11 Å². The van der Waals surface area contributed by atoms with Gasteiger partial charge in [0, 0.05) is 12.7 Å². The van der Waals surface area contributed by atoms with Crippen LogP contribution >= 0.6 is 0 Å². The number of benzene rings is 1. The topological polar surface area (TPSA) is 61.6 Å². The first-order chi connectivity index (χ1) is 8.34. The number of hydrogen-bond acceptors (Lipinski definition) is 3. The van der Waals surface area contributed by atoms with E-state index in [9.17, 15) is 18.0 Å². The number of hydrogen-bond donors (Lipinski definition) is 1. The summed E-state index contributed by atoms with van der Waals surface area (Å²) < 4.78 is 46.2. The smallest absolute Gasteiger partial charge is 0.417 e. The van der Waals surface area contributed by atoms with Crippen LogP contribution in [0.15, 0.2) is 24.3 Å². The zero-order valence-corrected chi connectivity index (χ0v) is 9.53. The van der Waals surface area contributed by atoms with E-state index in [-0.39, 0.29) is 11.3 Å². The number of carbonyl (C=O) groups excluding carboxylic acids is 1. The van der Waals surface area contributed by atoms with Crippen LogP contribution in [-0.4, -0.2) is 31.9 Å². The SMILES string of the molecule is COC(COc1ccc(C(N)=O)cc1)C(F)(F)F. The Morgan fingerprint density at radius 2 is 1.89 bits per heavy atom. The molecule has 1 rings (SSSR count). The van der Waals surface area contributed by atoms with Crippen molar-refractivity contribution >= 4 is 5.91 Å². The molecule has 0 saturated heterocycles. The van der Waals surface area contributed by atoms with Gasteiger partial charge >= 0.3 is 6.18 Å². The predicted octanol–water partition coefficient (Wildman–Crippen LogP) is 1.74. The first-order valence-electron chi connectivity index (χ1n) is 4.96. The maximum atomic E-state index is 12.3. The minimum atomic E-state index is -4.48. The third-order valence-corrected chi connectivity index (χ3v) is 2.19. The Balaban J connectivity index is 2.60. The summed E-state index contributed by atoms with van der Waals surface area (Å²) in [4.78, 5) is 10.8. The van der Waals surface area contributed by atoms with Gasteiger partial charge in [-0.1, -0.05) is 0 Å². The standard InChI is InChI=1S/C11H12F3NO3/c1-17-9(11(12,13)14)6-18-8-4-2-7(3-5-8)10(15)16/h2-5,9H,6H2,1H3,(H2,15,16). The lowest BCUT2D eigenvalue weighted by Crippen LogP contribution is -2.36. The van der Waals surface area contributed by atoms with Gasteiger partial charge in [-0.15, -0.1) is 0 Å². The minimum absolute atomic E-state index is 0.200. The van der Waals surface area contributed by atoms with Crippen LogP contribution in [0.5, 0.6) is 5.75 Å². The van der Waals surface area contributed by atoms with Crippen LogP contribution in [0.4, 0.5) is 13.2 Å². The Morgan fingerprint density at radius 1 is 1.33 bits per heavy atom. The van der Waals surface area contributed by atoms with Crippen LogP contribution in [0.25, 0.3) is 0 Å². The number of ether oxygens (including phenoxy) is 2. The third kappa shape index (κ3) is 3.92. The summed E-state index contributed by atoms with van der Waals surface area (Å²) in [6.45, 7) is -0.657. The molecule has 1 aromatic rings. The highest BCUT2D eigenvalue weighted by molar-refractivity contribution is 5.92. The van der Waals surface area contributed by atoms with E-state index in [2.05, 4.69) is 4.74 Å². The molecule has 1 unspecified atom stereocenters. The number of halogens is 3. The molecule has 7 heteroatoms. The molecule has 2 N–H and O–H groups in total. The molecule has 4 nitrogen and oxygen atoms in total. The average Bonchev–Trinajstić information content (AvgIpc) is 2.28. The van der Waals surface area contributed by atoms with Crippen molar-refractivity contribution in [3.05, 3.63) is 29.8 Å². The molecule has 1 atom stereocenters. The summed E-state index contributed by atoms with van der Waals surface area (Å²) in [5.74, 6) is -0.419. The number of methoxy groups -OCH3 is 1. The lowest BCUT2D eigenvalue weighted by atomic mass is 10.2. The van der Waals surface area contributed by atoms with Gasteiger partial charge in [0.2, 0.25) is 5.91 Å². The summed E-state index contributed by atoms with van der Waals surface area (Å²) in [5.41, 5.74) is 5.27. The Hall–Kier alpha value is -1.76. The van der Waals surface area contributed by atoms with Crippen molar-refractivity contribution in [3.63, 3.8) is 0 Å². The van der Waals surface area contributed by atoms with E-state index in [4.69, 9.17) is 10.5 Å². The number of rotatable bonds is 5. The van der Waals surface area contributed by atoms with E-state index >= 15 is 0 Å². The van der Waals surface area contributed by atoms with Crippen LogP contribution in [0.3, 0.4) is 0 Å². The molecule has 0 bridgehead atoms. The van der Waals surface area contributed by atoms with Gasteiger partial charge in [0.05, 0.1) is 0 Å². The predicted molar refractivity (Wildman–Crippen MR) is 57.3 cm³/mol. The molecule has 18 heavy (non-hydrogen) atoms. The molecule has 0 radical (unpaired) electrons. The van der Waals surface area contributed by atoms with Gasteiger partial charge in [-0.3, -0.25) is 4.79 Å². The Bertz CT molecular complexity index is 403. The summed E-state index contributed by atoms with van der Waals surface area (Å²) in [6.07, 6.45) is -6.48. The van der Waals surface area contributed by atoms with Gasteiger partial charge in [0.1, 0.15) is 12.4 Å². The molecule has 0 aliphatic heterocycles. The summed E-state index contributed by atoms with van der Waals surface area (Å²) in [7, 11) is 0.956. The van der Waals surface area contributed by atoms with E-state index < -0.39 is 24.8 Å².